The molecule has 2 N–H and O–H groups in total. The lowest BCUT2D eigenvalue weighted by Gasteiger charge is -2.24. The van der Waals surface area contributed by atoms with E-state index in [1.807, 2.05) is 36.5 Å². The molecule has 0 bridgehead atoms. The monoisotopic (exact) mass is 333 g/mol. The Bertz CT molecular complexity index is 871. The van der Waals surface area contributed by atoms with E-state index in [9.17, 15) is 4.79 Å². The number of benzene rings is 2. The molecule has 1 saturated heterocycles. The van der Waals surface area contributed by atoms with Crippen molar-refractivity contribution in [3.8, 4) is 0 Å². The molecular formula is C21H23N3O. The molecule has 1 fully saturated rings. The van der Waals surface area contributed by atoms with Crippen LogP contribution in [0.1, 0.15) is 35.3 Å². The summed E-state index contributed by atoms with van der Waals surface area (Å²) in [5.74, 6) is 0.00992. The Morgan fingerprint density at radius 1 is 1.20 bits per heavy atom. The van der Waals surface area contributed by atoms with Gasteiger partial charge in [0.25, 0.3) is 5.91 Å². The number of nitrogens with zero attached hydrogens (tertiary/aromatic N) is 1. The smallest absolute Gasteiger partial charge is 0.251 e. The summed E-state index contributed by atoms with van der Waals surface area (Å²) in [5.41, 5.74) is 3.04. The Morgan fingerprint density at radius 3 is 2.88 bits per heavy atom. The highest BCUT2D eigenvalue weighted by Gasteiger charge is 2.27. The lowest BCUT2D eigenvalue weighted by atomic mass is 10.1. The van der Waals surface area contributed by atoms with E-state index in [1.54, 1.807) is 0 Å². The molecule has 2 unspecified atom stereocenters. The van der Waals surface area contributed by atoms with E-state index in [4.69, 9.17) is 0 Å². The number of fused-ring (bicyclic) bond motifs is 1. The van der Waals surface area contributed by atoms with Crippen LogP contribution in [0.3, 0.4) is 0 Å². The number of rotatable bonds is 4. The highest BCUT2D eigenvalue weighted by Crippen LogP contribution is 2.24. The summed E-state index contributed by atoms with van der Waals surface area (Å²) in [5, 5.41) is 4.32. The predicted molar refractivity (Wildman–Crippen MR) is 101 cm³/mol. The van der Waals surface area contributed by atoms with E-state index in [1.165, 1.54) is 5.56 Å². The minimum absolute atomic E-state index is 0.00992. The van der Waals surface area contributed by atoms with Crippen LogP contribution in [0.15, 0.2) is 60.8 Å². The van der Waals surface area contributed by atoms with Crippen LogP contribution in [0.2, 0.25) is 0 Å². The zero-order valence-corrected chi connectivity index (χ0v) is 14.4. The van der Waals surface area contributed by atoms with Gasteiger partial charge in [-0.25, -0.2) is 0 Å². The van der Waals surface area contributed by atoms with Gasteiger partial charge in [-0.3, -0.25) is 9.69 Å². The second-order valence-electron chi connectivity index (χ2n) is 6.82. The summed E-state index contributed by atoms with van der Waals surface area (Å²) in [7, 11) is 0. The van der Waals surface area contributed by atoms with Crippen LogP contribution in [-0.4, -0.2) is 34.9 Å². The van der Waals surface area contributed by atoms with E-state index in [-0.39, 0.29) is 11.9 Å². The van der Waals surface area contributed by atoms with Gasteiger partial charge >= 0.3 is 0 Å². The van der Waals surface area contributed by atoms with E-state index >= 15 is 0 Å². The normalized spacial score (nSPS) is 19.2. The molecule has 128 valence electrons. The van der Waals surface area contributed by atoms with E-state index in [2.05, 4.69) is 46.4 Å². The fourth-order valence-corrected chi connectivity index (χ4v) is 3.66. The first-order valence-electron chi connectivity index (χ1n) is 8.88. The maximum absolute atomic E-state index is 12.6. The van der Waals surface area contributed by atoms with E-state index in [0.717, 1.165) is 30.4 Å². The first-order valence-corrected chi connectivity index (χ1v) is 8.88. The van der Waals surface area contributed by atoms with E-state index in [0.29, 0.717) is 11.6 Å². The number of likely N-dealkylation sites (tertiary alicyclic amines) is 1. The molecule has 0 spiro atoms. The highest BCUT2D eigenvalue weighted by molar-refractivity contribution is 5.98. The van der Waals surface area contributed by atoms with Crippen LogP contribution in [0.25, 0.3) is 10.9 Å². The van der Waals surface area contributed by atoms with Gasteiger partial charge in [0, 0.05) is 42.5 Å². The topological polar surface area (TPSA) is 48.1 Å². The van der Waals surface area contributed by atoms with Gasteiger partial charge in [0.1, 0.15) is 0 Å². The number of hydrogen-bond donors (Lipinski definition) is 2. The van der Waals surface area contributed by atoms with Crippen LogP contribution in [0, 0.1) is 0 Å². The Balaban J connectivity index is 1.39. The second kappa shape index (κ2) is 6.73. The molecule has 0 aliphatic carbocycles. The summed E-state index contributed by atoms with van der Waals surface area (Å²) >= 11 is 0. The lowest BCUT2D eigenvalue weighted by Crippen LogP contribution is -2.37. The van der Waals surface area contributed by atoms with Crippen molar-refractivity contribution in [1.82, 2.24) is 15.2 Å². The average molecular weight is 333 g/mol. The number of carbonyl (C=O) groups is 1. The van der Waals surface area contributed by atoms with Gasteiger partial charge in [0.2, 0.25) is 0 Å². The Morgan fingerprint density at radius 2 is 2.04 bits per heavy atom. The van der Waals surface area contributed by atoms with Crippen molar-refractivity contribution in [3.63, 3.8) is 0 Å². The van der Waals surface area contributed by atoms with Gasteiger partial charge in [-0.15, -0.1) is 0 Å². The summed E-state index contributed by atoms with van der Waals surface area (Å²) in [6, 6.07) is 18.9. The summed E-state index contributed by atoms with van der Waals surface area (Å²) < 4.78 is 0. The van der Waals surface area contributed by atoms with Gasteiger partial charge in [-0.2, -0.15) is 0 Å². The van der Waals surface area contributed by atoms with Crippen molar-refractivity contribution in [2.45, 2.75) is 25.4 Å². The summed E-state index contributed by atoms with van der Waals surface area (Å²) in [6.07, 6.45) is 2.89. The number of hydrogen-bond acceptors (Lipinski definition) is 2. The predicted octanol–water partition coefficient (Wildman–Crippen LogP) is 3.73. The van der Waals surface area contributed by atoms with Gasteiger partial charge in [0.05, 0.1) is 0 Å². The molecule has 4 nitrogen and oxygen atoms in total. The highest BCUT2D eigenvalue weighted by atomic mass is 16.1. The molecule has 3 aromatic rings. The van der Waals surface area contributed by atoms with Crippen molar-refractivity contribution in [2.24, 2.45) is 0 Å². The molecule has 4 heteroatoms. The third-order valence-corrected chi connectivity index (χ3v) is 5.20. The van der Waals surface area contributed by atoms with Crippen molar-refractivity contribution in [2.75, 3.05) is 13.1 Å². The SMILES string of the molecule is CC(c1ccccc1)N1CCC(NC(=O)c2ccc3cc[nH]c3c2)C1. The third-order valence-electron chi connectivity index (χ3n) is 5.20. The molecule has 25 heavy (non-hydrogen) atoms. The Labute approximate surface area is 147 Å². The number of amides is 1. The standard InChI is InChI=1S/C21H23N3O/c1-15(16-5-3-2-4-6-16)24-12-10-19(14-24)23-21(25)18-8-7-17-9-11-22-20(17)13-18/h2-9,11,13,15,19,22H,10,12,14H2,1H3,(H,23,25). The minimum atomic E-state index is 0.00992. The minimum Gasteiger partial charge on any atom is -0.361 e. The number of carbonyl (C=O) groups excluding carboxylic acids is 1. The molecule has 2 aromatic carbocycles. The summed E-state index contributed by atoms with van der Waals surface area (Å²) in [6.45, 7) is 4.14. The second-order valence-corrected chi connectivity index (χ2v) is 6.82. The van der Waals surface area contributed by atoms with Crippen molar-refractivity contribution < 1.29 is 4.79 Å². The molecule has 2 heterocycles. The van der Waals surface area contributed by atoms with Gasteiger partial charge in [0.15, 0.2) is 0 Å². The number of aromatic nitrogens is 1. The van der Waals surface area contributed by atoms with Crippen molar-refractivity contribution in [1.29, 1.82) is 0 Å². The maximum atomic E-state index is 12.6. The Hall–Kier alpha value is -2.59. The zero-order valence-electron chi connectivity index (χ0n) is 14.4. The maximum Gasteiger partial charge on any atom is 0.251 e. The van der Waals surface area contributed by atoms with Gasteiger partial charge < -0.3 is 10.3 Å². The number of H-pyrrole nitrogens is 1. The summed E-state index contributed by atoms with van der Waals surface area (Å²) in [4.78, 5) is 18.2. The molecule has 1 aliphatic rings. The molecule has 4 rings (SSSR count). The first kappa shape index (κ1) is 15.9. The molecular weight excluding hydrogens is 310 g/mol. The molecule has 0 saturated carbocycles. The first-order chi connectivity index (χ1) is 12.2. The zero-order chi connectivity index (χ0) is 17.2. The van der Waals surface area contributed by atoms with Crippen LogP contribution >= 0.6 is 0 Å². The largest absolute Gasteiger partial charge is 0.361 e. The van der Waals surface area contributed by atoms with Crippen LogP contribution in [0.5, 0.6) is 0 Å². The van der Waals surface area contributed by atoms with Crippen LogP contribution in [0.4, 0.5) is 0 Å². The fourth-order valence-electron chi connectivity index (χ4n) is 3.66. The van der Waals surface area contributed by atoms with Gasteiger partial charge in [-0.05, 0) is 42.5 Å². The molecule has 1 aliphatic heterocycles. The van der Waals surface area contributed by atoms with Crippen LogP contribution in [-0.2, 0) is 0 Å². The fraction of sp³-hybridized carbons (Fsp3) is 0.286. The molecule has 0 radical (unpaired) electrons. The van der Waals surface area contributed by atoms with E-state index < -0.39 is 0 Å². The number of aromatic amines is 1. The quantitative estimate of drug-likeness (QED) is 0.764. The van der Waals surface area contributed by atoms with Crippen molar-refractivity contribution >= 4 is 16.8 Å². The third kappa shape index (κ3) is 3.30. The average Bonchev–Trinajstić information content (AvgIpc) is 3.30. The van der Waals surface area contributed by atoms with Gasteiger partial charge in [-0.1, -0.05) is 36.4 Å². The Kier molecular flexibility index (Phi) is 4.28. The molecule has 1 amide bonds. The lowest BCUT2D eigenvalue weighted by molar-refractivity contribution is 0.0936. The molecule has 1 aromatic heterocycles. The number of nitrogens with one attached hydrogen (secondary N) is 2. The van der Waals surface area contributed by atoms with Crippen molar-refractivity contribution in [3.05, 3.63) is 71.9 Å². The van der Waals surface area contributed by atoms with Crippen LogP contribution < -0.4 is 5.32 Å². The molecule has 2 atom stereocenters.